The van der Waals surface area contributed by atoms with Gasteiger partial charge < -0.3 is 9.84 Å². The first-order valence-corrected chi connectivity index (χ1v) is 7.20. The van der Waals surface area contributed by atoms with Crippen LogP contribution in [-0.2, 0) is 11.2 Å². The lowest BCUT2D eigenvalue weighted by molar-refractivity contribution is -0.139. The molecule has 0 saturated carbocycles. The third-order valence-corrected chi connectivity index (χ3v) is 3.48. The zero-order valence-corrected chi connectivity index (χ0v) is 12.2. The van der Waals surface area contributed by atoms with E-state index in [2.05, 4.69) is 13.0 Å². The van der Waals surface area contributed by atoms with Gasteiger partial charge in [-0.05, 0) is 36.1 Å². The number of hydrogen-bond donors (Lipinski definition) is 1. The lowest BCUT2D eigenvalue weighted by atomic mass is 9.96. The van der Waals surface area contributed by atoms with Gasteiger partial charge in [0.25, 0.3) is 0 Å². The molecular formula is C18H20O3. The molecule has 0 heterocycles. The molecule has 1 atom stereocenters. The molecule has 1 N–H and O–H groups in total. The van der Waals surface area contributed by atoms with Crippen molar-refractivity contribution in [1.82, 2.24) is 0 Å². The van der Waals surface area contributed by atoms with Crippen molar-refractivity contribution in [2.24, 2.45) is 0 Å². The van der Waals surface area contributed by atoms with E-state index < -0.39 is 11.9 Å². The molecule has 110 valence electrons. The maximum Gasteiger partial charge on any atom is 0.311 e. The zero-order chi connectivity index (χ0) is 15.1. The number of benzene rings is 2. The molecule has 2 aromatic carbocycles. The van der Waals surface area contributed by atoms with Crippen molar-refractivity contribution in [3.05, 3.63) is 65.7 Å². The normalized spacial score (nSPS) is 11.9. The van der Waals surface area contributed by atoms with E-state index >= 15 is 0 Å². The Labute approximate surface area is 125 Å². The van der Waals surface area contributed by atoms with Crippen LogP contribution in [0, 0.1) is 0 Å². The van der Waals surface area contributed by atoms with Crippen LogP contribution in [0.5, 0.6) is 5.75 Å². The van der Waals surface area contributed by atoms with Gasteiger partial charge in [-0.1, -0.05) is 49.4 Å². The molecule has 21 heavy (non-hydrogen) atoms. The van der Waals surface area contributed by atoms with Gasteiger partial charge in [-0.15, -0.1) is 0 Å². The van der Waals surface area contributed by atoms with Crippen molar-refractivity contribution >= 4 is 5.97 Å². The third-order valence-electron chi connectivity index (χ3n) is 3.48. The van der Waals surface area contributed by atoms with Gasteiger partial charge >= 0.3 is 5.97 Å². The zero-order valence-electron chi connectivity index (χ0n) is 12.2. The minimum absolute atomic E-state index is 0.388. The second-order valence-electron chi connectivity index (χ2n) is 4.94. The third kappa shape index (κ3) is 4.35. The van der Waals surface area contributed by atoms with Gasteiger partial charge in [0.15, 0.2) is 0 Å². The molecule has 0 aliphatic carbocycles. The van der Waals surface area contributed by atoms with Crippen molar-refractivity contribution in [3.8, 4) is 5.75 Å². The van der Waals surface area contributed by atoms with Gasteiger partial charge in [-0.3, -0.25) is 4.79 Å². The van der Waals surface area contributed by atoms with Crippen LogP contribution in [-0.4, -0.2) is 17.7 Å². The topological polar surface area (TPSA) is 46.5 Å². The van der Waals surface area contributed by atoms with E-state index in [0.717, 1.165) is 17.7 Å². The Hall–Kier alpha value is -2.29. The van der Waals surface area contributed by atoms with E-state index in [4.69, 9.17) is 4.74 Å². The first-order valence-electron chi connectivity index (χ1n) is 7.20. The average molecular weight is 284 g/mol. The number of carboxylic acids is 1. The highest BCUT2D eigenvalue weighted by Crippen LogP contribution is 2.21. The Morgan fingerprint density at radius 2 is 1.90 bits per heavy atom. The summed E-state index contributed by atoms with van der Waals surface area (Å²) in [6, 6.07) is 17.2. The molecule has 2 rings (SSSR count). The summed E-state index contributed by atoms with van der Waals surface area (Å²) in [6.45, 7) is 2.48. The molecule has 0 bridgehead atoms. The Kier molecular flexibility index (Phi) is 5.38. The SMILES string of the molecule is CCc1cccc(OCCC(C(=O)O)c2ccccc2)c1. The van der Waals surface area contributed by atoms with Gasteiger partial charge in [-0.25, -0.2) is 0 Å². The number of aliphatic carboxylic acids is 1. The number of rotatable bonds is 7. The smallest absolute Gasteiger partial charge is 0.311 e. The minimum Gasteiger partial charge on any atom is -0.494 e. The summed E-state index contributed by atoms with van der Waals surface area (Å²) < 4.78 is 5.69. The molecule has 0 aliphatic heterocycles. The lowest BCUT2D eigenvalue weighted by Crippen LogP contribution is -2.15. The van der Waals surface area contributed by atoms with E-state index in [1.54, 1.807) is 0 Å². The fourth-order valence-electron chi connectivity index (χ4n) is 2.27. The van der Waals surface area contributed by atoms with Gasteiger partial charge in [0.1, 0.15) is 5.75 Å². The summed E-state index contributed by atoms with van der Waals surface area (Å²) in [5.41, 5.74) is 2.03. The molecule has 0 saturated heterocycles. The summed E-state index contributed by atoms with van der Waals surface area (Å²) in [4.78, 5) is 11.4. The van der Waals surface area contributed by atoms with Crippen LogP contribution in [0.2, 0.25) is 0 Å². The Morgan fingerprint density at radius 1 is 1.14 bits per heavy atom. The average Bonchev–Trinajstić information content (AvgIpc) is 2.52. The fourth-order valence-corrected chi connectivity index (χ4v) is 2.27. The number of aryl methyl sites for hydroxylation is 1. The monoisotopic (exact) mass is 284 g/mol. The van der Waals surface area contributed by atoms with Gasteiger partial charge in [0.05, 0.1) is 12.5 Å². The molecule has 0 radical (unpaired) electrons. The standard InChI is InChI=1S/C18H20O3/c1-2-14-7-6-10-16(13-14)21-12-11-17(18(19)20)15-8-4-3-5-9-15/h3-10,13,17H,2,11-12H2,1H3,(H,19,20). The first-order chi connectivity index (χ1) is 10.2. The molecule has 1 unspecified atom stereocenters. The molecule has 3 nitrogen and oxygen atoms in total. The molecule has 0 aliphatic rings. The fraction of sp³-hybridized carbons (Fsp3) is 0.278. The summed E-state index contributed by atoms with van der Waals surface area (Å²) in [6.07, 6.45) is 1.41. The second-order valence-corrected chi connectivity index (χ2v) is 4.94. The number of carbonyl (C=O) groups is 1. The Bertz CT molecular complexity index is 578. The van der Waals surface area contributed by atoms with Crippen LogP contribution in [0.15, 0.2) is 54.6 Å². The van der Waals surface area contributed by atoms with E-state index in [1.165, 1.54) is 5.56 Å². The molecule has 0 aromatic heterocycles. The van der Waals surface area contributed by atoms with Crippen LogP contribution < -0.4 is 4.74 Å². The Morgan fingerprint density at radius 3 is 2.57 bits per heavy atom. The van der Waals surface area contributed by atoms with Crippen molar-refractivity contribution in [2.75, 3.05) is 6.61 Å². The summed E-state index contributed by atoms with van der Waals surface area (Å²) in [5.74, 6) is -0.542. The van der Waals surface area contributed by atoms with Crippen molar-refractivity contribution in [2.45, 2.75) is 25.7 Å². The van der Waals surface area contributed by atoms with Gasteiger partial charge in [0.2, 0.25) is 0 Å². The summed E-state index contributed by atoms with van der Waals surface area (Å²) in [7, 11) is 0. The number of ether oxygens (including phenoxy) is 1. The molecule has 0 spiro atoms. The van der Waals surface area contributed by atoms with Crippen molar-refractivity contribution < 1.29 is 14.6 Å². The Balaban J connectivity index is 1.95. The van der Waals surface area contributed by atoms with Gasteiger partial charge in [0, 0.05) is 0 Å². The lowest BCUT2D eigenvalue weighted by Gasteiger charge is -2.13. The largest absolute Gasteiger partial charge is 0.494 e. The van der Waals surface area contributed by atoms with Crippen LogP contribution in [0.3, 0.4) is 0 Å². The highest BCUT2D eigenvalue weighted by Gasteiger charge is 2.19. The minimum atomic E-state index is -0.813. The first kappa shape index (κ1) is 15.1. The molecule has 3 heteroatoms. The van der Waals surface area contributed by atoms with Crippen LogP contribution in [0.1, 0.15) is 30.4 Å². The number of hydrogen-bond acceptors (Lipinski definition) is 2. The molecule has 2 aromatic rings. The highest BCUT2D eigenvalue weighted by atomic mass is 16.5. The second kappa shape index (κ2) is 7.48. The van der Waals surface area contributed by atoms with E-state index in [-0.39, 0.29) is 0 Å². The van der Waals surface area contributed by atoms with E-state index in [1.807, 2.05) is 48.5 Å². The maximum atomic E-state index is 11.4. The number of carboxylic acid groups (broad SMARTS) is 1. The van der Waals surface area contributed by atoms with Crippen molar-refractivity contribution in [1.29, 1.82) is 0 Å². The maximum absolute atomic E-state index is 11.4. The van der Waals surface area contributed by atoms with Crippen LogP contribution >= 0.6 is 0 Å². The van der Waals surface area contributed by atoms with Crippen molar-refractivity contribution in [3.63, 3.8) is 0 Å². The predicted octanol–water partition coefficient (Wildman–Crippen LogP) is 3.89. The van der Waals surface area contributed by atoms with Crippen LogP contribution in [0.25, 0.3) is 0 Å². The summed E-state index contributed by atoms with van der Waals surface area (Å²) in [5, 5.41) is 9.35. The van der Waals surface area contributed by atoms with Crippen LogP contribution in [0.4, 0.5) is 0 Å². The molecular weight excluding hydrogens is 264 g/mol. The molecule has 0 fully saturated rings. The van der Waals surface area contributed by atoms with Gasteiger partial charge in [-0.2, -0.15) is 0 Å². The summed E-state index contributed by atoms with van der Waals surface area (Å²) >= 11 is 0. The predicted molar refractivity (Wildman–Crippen MR) is 82.8 cm³/mol. The van der Waals surface area contributed by atoms with E-state index in [9.17, 15) is 9.90 Å². The quantitative estimate of drug-likeness (QED) is 0.839. The molecule has 0 amide bonds. The van der Waals surface area contributed by atoms with E-state index in [0.29, 0.717) is 13.0 Å². The highest BCUT2D eigenvalue weighted by molar-refractivity contribution is 5.76.